The van der Waals surface area contributed by atoms with Crippen LogP contribution in [0.2, 0.25) is 0 Å². The molecule has 0 bridgehead atoms. The van der Waals surface area contributed by atoms with Gasteiger partial charge in [0.1, 0.15) is 24.6 Å². The van der Waals surface area contributed by atoms with Crippen molar-refractivity contribution < 1.29 is 30.0 Å². The van der Waals surface area contributed by atoms with Crippen molar-refractivity contribution in [1.29, 1.82) is 0 Å². The second-order valence-corrected chi connectivity index (χ2v) is 7.70. The smallest absolute Gasteiger partial charge is 0.306 e. The van der Waals surface area contributed by atoms with E-state index in [-0.39, 0.29) is 6.04 Å². The van der Waals surface area contributed by atoms with Crippen LogP contribution in [0, 0.1) is 0 Å². The number of nitrogens with zero attached hydrogens (tertiary/aromatic N) is 4. The quantitative estimate of drug-likeness (QED) is 0.337. The molecule has 3 heterocycles. The first kappa shape index (κ1) is 22.1. The molecule has 1 aromatic carbocycles. The van der Waals surface area contributed by atoms with Gasteiger partial charge in [0.2, 0.25) is 0 Å². The number of aliphatic hydroxyl groups excluding tert-OH is 3. The molecule has 3 aromatic rings. The number of imidazole rings is 1. The standard InChI is InChI=1S/C21H25N5O6/c1-2-12(11-6-4-3-5-7-11)25-19-15-20(23-9-22-19)26(10-24-15)21-17(31)16(30)18(32-21)13(27)8-14(28)29/h3-7,9-10,12-13,16-18,21,27,30-31H,2,8H2,1H3,(H,28,29)(H,22,23,25)/t12-,13?,16+,17-,18-,21-/m1/s1. The van der Waals surface area contributed by atoms with Crippen molar-refractivity contribution in [3.8, 4) is 0 Å². The molecular weight excluding hydrogens is 418 g/mol. The largest absolute Gasteiger partial charge is 0.481 e. The van der Waals surface area contributed by atoms with Gasteiger partial charge in [-0.05, 0) is 12.0 Å². The number of carbonyl (C=O) groups is 1. The van der Waals surface area contributed by atoms with Crippen LogP contribution in [-0.2, 0) is 9.53 Å². The van der Waals surface area contributed by atoms with Gasteiger partial charge in [0.15, 0.2) is 23.2 Å². The highest BCUT2D eigenvalue weighted by molar-refractivity contribution is 5.83. The molecule has 5 N–H and O–H groups in total. The molecule has 6 atom stereocenters. The van der Waals surface area contributed by atoms with Crippen molar-refractivity contribution in [2.45, 2.75) is 56.5 Å². The normalized spacial score (nSPS) is 25.0. The molecule has 11 nitrogen and oxygen atoms in total. The Balaban J connectivity index is 1.61. The summed E-state index contributed by atoms with van der Waals surface area (Å²) in [6.45, 7) is 2.05. The molecule has 0 saturated carbocycles. The minimum Gasteiger partial charge on any atom is -0.481 e. The Bertz CT molecular complexity index is 1080. The number of hydrogen-bond acceptors (Lipinski definition) is 9. The number of aromatic nitrogens is 4. The molecule has 11 heteroatoms. The zero-order chi connectivity index (χ0) is 22.8. The molecule has 1 aliphatic heterocycles. The SMILES string of the molecule is CC[C@@H](Nc1ncnc2c1ncn2[C@@H]1O[C@H](C(O)CC(=O)O)[C@@H](O)[C@H]1O)c1ccccc1. The van der Waals surface area contributed by atoms with E-state index in [0.29, 0.717) is 17.0 Å². The lowest BCUT2D eigenvalue weighted by molar-refractivity contribution is -0.144. The summed E-state index contributed by atoms with van der Waals surface area (Å²) in [6.07, 6.45) is -3.83. The Morgan fingerprint density at radius 2 is 1.94 bits per heavy atom. The van der Waals surface area contributed by atoms with Crippen molar-refractivity contribution in [3.05, 3.63) is 48.5 Å². The van der Waals surface area contributed by atoms with E-state index in [0.717, 1.165) is 12.0 Å². The van der Waals surface area contributed by atoms with Gasteiger partial charge in [-0.25, -0.2) is 15.0 Å². The summed E-state index contributed by atoms with van der Waals surface area (Å²) in [7, 11) is 0. The van der Waals surface area contributed by atoms with Crippen LogP contribution in [-0.4, -0.2) is 70.3 Å². The second kappa shape index (κ2) is 9.17. The Morgan fingerprint density at radius 3 is 2.62 bits per heavy atom. The van der Waals surface area contributed by atoms with Gasteiger partial charge in [-0.15, -0.1) is 0 Å². The number of anilines is 1. The van der Waals surface area contributed by atoms with Crippen molar-refractivity contribution in [3.63, 3.8) is 0 Å². The van der Waals surface area contributed by atoms with E-state index in [4.69, 9.17) is 9.84 Å². The zero-order valence-corrected chi connectivity index (χ0v) is 17.3. The van der Waals surface area contributed by atoms with Gasteiger partial charge in [-0.3, -0.25) is 9.36 Å². The second-order valence-electron chi connectivity index (χ2n) is 7.70. The summed E-state index contributed by atoms with van der Waals surface area (Å²) in [5.74, 6) is -0.744. The number of rotatable bonds is 8. The molecule has 0 spiro atoms. The summed E-state index contributed by atoms with van der Waals surface area (Å²) in [6, 6.07) is 9.90. The molecule has 1 unspecified atom stereocenters. The molecule has 170 valence electrons. The average molecular weight is 443 g/mol. The van der Waals surface area contributed by atoms with Crippen LogP contribution in [0.15, 0.2) is 43.0 Å². The average Bonchev–Trinajstić information content (AvgIpc) is 3.34. The van der Waals surface area contributed by atoms with E-state index in [2.05, 4.69) is 20.3 Å². The van der Waals surface area contributed by atoms with Crippen LogP contribution in [0.25, 0.3) is 11.2 Å². The molecule has 4 rings (SSSR count). The lowest BCUT2D eigenvalue weighted by Gasteiger charge is -2.19. The van der Waals surface area contributed by atoms with Gasteiger partial charge in [0, 0.05) is 0 Å². The van der Waals surface area contributed by atoms with Crippen molar-refractivity contribution in [2.75, 3.05) is 5.32 Å². The number of carboxylic acids is 1. The van der Waals surface area contributed by atoms with E-state index in [1.54, 1.807) is 0 Å². The van der Waals surface area contributed by atoms with Gasteiger partial charge >= 0.3 is 5.97 Å². The Kier molecular flexibility index (Phi) is 6.33. The number of ether oxygens (including phenoxy) is 1. The van der Waals surface area contributed by atoms with Gasteiger partial charge in [0.25, 0.3) is 0 Å². The maximum absolute atomic E-state index is 10.9. The van der Waals surface area contributed by atoms with E-state index >= 15 is 0 Å². The van der Waals surface area contributed by atoms with Gasteiger partial charge < -0.3 is 30.5 Å². The van der Waals surface area contributed by atoms with E-state index < -0.39 is 43.0 Å². The zero-order valence-electron chi connectivity index (χ0n) is 17.3. The number of hydrogen-bond donors (Lipinski definition) is 5. The molecule has 0 amide bonds. The minimum absolute atomic E-state index is 0.00913. The van der Waals surface area contributed by atoms with Crippen molar-refractivity contribution in [2.24, 2.45) is 0 Å². The van der Waals surface area contributed by atoms with Gasteiger partial charge in [-0.2, -0.15) is 0 Å². The van der Waals surface area contributed by atoms with Crippen LogP contribution in [0.4, 0.5) is 5.82 Å². The predicted octanol–water partition coefficient (Wildman–Crippen LogP) is 0.844. The lowest BCUT2D eigenvalue weighted by atomic mass is 10.0. The highest BCUT2D eigenvalue weighted by Crippen LogP contribution is 2.34. The van der Waals surface area contributed by atoms with E-state index in [9.17, 15) is 20.1 Å². The number of aliphatic carboxylic acids is 1. The number of aliphatic hydroxyl groups is 3. The van der Waals surface area contributed by atoms with Crippen LogP contribution in [0.1, 0.15) is 37.6 Å². The van der Waals surface area contributed by atoms with Crippen LogP contribution >= 0.6 is 0 Å². The molecule has 32 heavy (non-hydrogen) atoms. The number of nitrogens with one attached hydrogen (secondary N) is 1. The van der Waals surface area contributed by atoms with Gasteiger partial charge in [-0.1, -0.05) is 37.3 Å². The predicted molar refractivity (Wildman–Crippen MR) is 113 cm³/mol. The summed E-state index contributed by atoms with van der Waals surface area (Å²) in [4.78, 5) is 23.8. The highest BCUT2D eigenvalue weighted by atomic mass is 16.6. The first-order valence-electron chi connectivity index (χ1n) is 10.3. The number of benzene rings is 1. The summed E-state index contributed by atoms with van der Waals surface area (Å²) in [5.41, 5.74) is 1.89. The molecule has 0 aliphatic carbocycles. The van der Waals surface area contributed by atoms with Gasteiger partial charge in [0.05, 0.1) is 24.9 Å². The summed E-state index contributed by atoms with van der Waals surface area (Å²) >= 11 is 0. The Hall–Kier alpha value is -3.12. The van der Waals surface area contributed by atoms with E-state index in [1.807, 2.05) is 37.3 Å². The Labute approximate surface area is 183 Å². The third kappa shape index (κ3) is 4.15. The fourth-order valence-electron chi connectivity index (χ4n) is 3.94. The first-order valence-corrected chi connectivity index (χ1v) is 10.3. The van der Waals surface area contributed by atoms with Crippen molar-refractivity contribution >= 4 is 23.0 Å². The molecule has 1 saturated heterocycles. The van der Waals surface area contributed by atoms with Crippen LogP contribution in [0.5, 0.6) is 0 Å². The fourth-order valence-corrected chi connectivity index (χ4v) is 3.94. The molecular formula is C21H25N5O6. The number of carboxylic acid groups (broad SMARTS) is 1. The molecule has 0 radical (unpaired) electrons. The van der Waals surface area contributed by atoms with Crippen LogP contribution in [0.3, 0.4) is 0 Å². The highest BCUT2D eigenvalue weighted by Gasteiger charge is 2.47. The molecule has 1 aliphatic rings. The van der Waals surface area contributed by atoms with Crippen molar-refractivity contribution in [1.82, 2.24) is 19.5 Å². The third-order valence-corrected chi connectivity index (χ3v) is 5.59. The first-order chi connectivity index (χ1) is 15.4. The summed E-state index contributed by atoms with van der Waals surface area (Å²) in [5, 5.41) is 43.2. The van der Waals surface area contributed by atoms with E-state index in [1.165, 1.54) is 17.2 Å². The number of fused-ring (bicyclic) bond motifs is 1. The minimum atomic E-state index is -1.49. The monoisotopic (exact) mass is 443 g/mol. The van der Waals surface area contributed by atoms with Crippen LogP contribution < -0.4 is 5.32 Å². The Morgan fingerprint density at radius 1 is 1.19 bits per heavy atom. The third-order valence-electron chi connectivity index (χ3n) is 5.59. The fraction of sp³-hybridized carbons (Fsp3) is 0.429. The summed E-state index contributed by atoms with van der Waals surface area (Å²) < 4.78 is 7.08. The topological polar surface area (TPSA) is 163 Å². The maximum Gasteiger partial charge on any atom is 0.306 e. The molecule has 2 aromatic heterocycles. The lowest BCUT2D eigenvalue weighted by Crippen LogP contribution is -2.39. The molecule has 1 fully saturated rings. The maximum atomic E-state index is 10.9.